The number of phenolic OH excluding ortho intramolecular Hbond substituents is 2. The summed E-state index contributed by atoms with van der Waals surface area (Å²) in [5.41, 5.74) is 7.05. The van der Waals surface area contributed by atoms with E-state index in [2.05, 4.69) is 25.4 Å². The van der Waals surface area contributed by atoms with Gasteiger partial charge in [-0.05, 0) is 19.4 Å². The molecule has 7 N–H and O–H groups in total. The van der Waals surface area contributed by atoms with Crippen molar-refractivity contribution in [3.8, 4) is 11.5 Å². The molecule has 2 aliphatic rings. The van der Waals surface area contributed by atoms with Crippen molar-refractivity contribution in [1.82, 2.24) is 25.2 Å². The third-order valence-corrected chi connectivity index (χ3v) is 8.78. The van der Waals surface area contributed by atoms with Crippen LogP contribution in [0.1, 0.15) is 19.5 Å². The van der Waals surface area contributed by atoms with Crippen LogP contribution >= 0.6 is 34.9 Å². The molecule has 3 aromatic rings. The number of anilines is 1. The molecule has 1 saturated heterocycles. The van der Waals surface area contributed by atoms with Crippen LogP contribution in [-0.2, 0) is 19.2 Å². The first-order chi connectivity index (χ1) is 19.0. The topological polar surface area (TPSA) is 216 Å². The summed E-state index contributed by atoms with van der Waals surface area (Å²) in [6.07, 6.45) is -0.313. The number of H-pyrrole nitrogens is 1. The van der Waals surface area contributed by atoms with Crippen LogP contribution in [0.5, 0.6) is 11.5 Å². The quantitative estimate of drug-likeness (QED) is 0.0675. The molecule has 40 heavy (non-hydrogen) atoms. The van der Waals surface area contributed by atoms with E-state index in [-0.39, 0.29) is 45.6 Å². The van der Waals surface area contributed by atoms with Crippen molar-refractivity contribution in [2.75, 3.05) is 17.2 Å². The number of carbonyl (C=O) groups excluding carboxylic acids is 2. The van der Waals surface area contributed by atoms with E-state index in [1.165, 1.54) is 40.6 Å². The first kappa shape index (κ1) is 27.6. The van der Waals surface area contributed by atoms with Crippen LogP contribution in [-0.4, -0.2) is 87.7 Å². The van der Waals surface area contributed by atoms with Crippen LogP contribution in [0.3, 0.4) is 0 Å². The maximum Gasteiger partial charge on any atom is 0.352 e. The Morgan fingerprint density at radius 1 is 1.32 bits per heavy atom. The molecule has 2 aliphatic heterocycles. The number of thioether (sulfide) groups is 2. The van der Waals surface area contributed by atoms with Crippen molar-refractivity contribution in [1.29, 1.82) is 0 Å². The number of carbonyl (C=O) groups is 3. The van der Waals surface area contributed by atoms with E-state index < -0.39 is 29.2 Å². The second-order valence-corrected chi connectivity index (χ2v) is 11.9. The van der Waals surface area contributed by atoms with Crippen LogP contribution in [0.15, 0.2) is 39.1 Å². The van der Waals surface area contributed by atoms with Gasteiger partial charge in [-0.3, -0.25) is 14.5 Å². The fourth-order valence-corrected chi connectivity index (χ4v) is 6.92. The van der Waals surface area contributed by atoms with Gasteiger partial charge in [0, 0.05) is 29.0 Å². The molecule has 14 nitrogen and oxygen atoms in total. The highest BCUT2D eigenvalue weighted by molar-refractivity contribution is 8.01. The highest BCUT2D eigenvalue weighted by atomic mass is 32.2. The van der Waals surface area contributed by atoms with E-state index in [1.807, 2.05) is 0 Å². The zero-order chi connectivity index (χ0) is 28.7. The number of nitrogen functional groups attached to an aromatic ring is 1. The molecule has 5 rings (SSSR count). The number of thiazole rings is 1. The number of aliphatic carboxylic acids is 1. The average Bonchev–Trinajstić information content (AvgIpc) is 3.50. The highest BCUT2D eigenvalue weighted by Gasteiger charge is 2.54. The van der Waals surface area contributed by atoms with Gasteiger partial charge < -0.3 is 36.2 Å². The second kappa shape index (κ2) is 10.9. The van der Waals surface area contributed by atoms with Crippen molar-refractivity contribution in [2.24, 2.45) is 5.16 Å². The standard InChI is InChI=1S/C23H23N7O7S3/c1-8(2)37-29-15(12-7-39-22(24)25-12)18(33)28-16-19(34)30-17(21(35)36)9(5-38-20(16)30)6-40-23-26-10-3-13(31)14(32)4-11(10)27-23/h3-4,7-8,16,20,31-32H,5-6H2,1-2H3,(H2,24,25)(H,26,27)(H,28,33)(H,35,36)/t16-,20+/m1/s1. The molecule has 1 fully saturated rings. The summed E-state index contributed by atoms with van der Waals surface area (Å²) in [4.78, 5) is 56.2. The summed E-state index contributed by atoms with van der Waals surface area (Å²) in [6, 6.07) is 1.68. The maximum absolute atomic E-state index is 13.1. The van der Waals surface area contributed by atoms with Gasteiger partial charge >= 0.3 is 5.97 Å². The lowest BCUT2D eigenvalue weighted by Crippen LogP contribution is -2.71. The SMILES string of the molecule is CC(C)ON=C(C(=O)N[C@@H]1C(=O)N2C(C(=O)O)=C(CSc3nc4cc(O)c(O)cc4[nH]3)CS[C@@H]12)c1csc(N)n1. The van der Waals surface area contributed by atoms with Gasteiger partial charge in [0.1, 0.15) is 28.9 Å². The molecule has 17 heteroatoms. The number of oxime groups is 1. The maximum atomic E-state index is 13.1. The largest absolute Gasteiger partial charge is 0.504 e. The molecule has 0 spiro atoms. The number of rotatable bonds is 9. The Bertz CT molecular complexity index is 1540. The zero-order valence-corrected chi connectivity index (χ0v) is 23.4. The number of nitrogens with one attached hydrogen (secondary N) is 2. The summed E-state index contributed by atoms with van der Waals surface area (Å²) in [6.45, 7) is 3.47. The molecular weight excluding hydrogens is 582 g/mol. The molecule has 0 unspecified atom stereocenters. The Balaban J connectivity index is 1.31. The lowest BCUT2D eigenvalue weighted by molar-refractivity contribution is -0.150. The van der Waals surface area contributed by atoms with Crippen molar-refractivity contribution in [3.05, 3.63) is 34.5 Å². The predicted molar refractivity (Wildman–Crippen MR) is 149 cm³/mol. The summed E-state index contributed by atoms with van der Waals surface area (Å²) in [7, 11) is 0. The van der Waals surface area contributed by atoms with Crippen LogP contribution in [0.4, 0.5) is 5.13 Å². The first-order valence-corrected chi connectivity index (χ1v) is 14.7. The van der Waals surface area contributed by atoms with Crippen molar-refractivity contribution in [2.45, 2.75) is 36.5 Å². The van der Waals surface area contributed by atoms with Crippen LogP contribution in [0.25, 0.3) is 11.0 Å². The number of aromatic hydroxyl groups is 2. The molecule has 4 heterocycles. The van der Waals surface area contributed by atoms with Gasteiger partial charge in [0.15, 0.2) is 27.5 Å². The lowest BCUT2D eigenvalue weighted by Gasteiger charge is -2.49. The summed E-state index contributed by atoms with van der Waals surface area (Å²) in [5.74, 6) is -2.61. The van der Waals surface area contributed by atoms with E-state index >= 15 is 0 Å². The number of benzene rings is 1. The number of amides is 2. The Morgan fingerprint density at radius 2 is 2.08 bits per heavy atom. The molecule has 0 radical (unpaired) electrons. The molecule has 0 saturated carbocycles. The fraction of sp³-hybridized carbons (Fsp3) is 0.304. The molecule has 0 aliphatic carbocycles. The molecule has 0 bridgehead atoms. The van der Waals surface area contributed by atoms with Crippen LogP contribution < -0.4 is 11.1 Å². The number of aromatic amines is 1. The van der Waals surface area contributed by atoms with Crippen LogP contribution in [0.2, 0.25) is 0 Å². The van der Waals surface area contributed by atoms with E-state index in [9.17, 15) is 29.7 Å². The summed E-state index contributed by atoms with van der Waals surface area (Å²) >= 11 is 3.66. The zero-order valence-electron chi connectivity index (χ0n) is 20.9. The van der Waals surface area contributed by atoms with Gasteiger partial charge in [-0.1, -0.05) is 16.9 Å². The molecular formula is C23H23N7O7S3. The van der Waals surface area contributed by atoms with Gasteiger partial charge in [-0.25, -0.2) is 14.8 Å². The third kappa shape index (κ3) is 5.26. The summed E-state index contributed by atoms with van der Waals surface area (Å²) < 4.78 is 0. The molecule has 210 valence electrons. The number of imidazole rings is 1. The Hall–Kier alpha value is -3.96. The molecule has 2 atom stereocenters. The van der Waals surface area contributed by atoms with Crippen LogP contribution in [0, 0.1) is 0 Å². The smallest absolute Gasteiger partial charge is 0.352 e. The normalized spacial score (nSPS) is 19.1. The van der Waals surface area contributed by atoms with E-state index in [0.29, 0.717) is 27.5 Å². The summed E-state index contributed by atoms with van der Waals surface area (Å²) in [5, 5.41) is 37.5. The minimum absolute atomic E-state index is 0.137. The molecule has 2 amide bonds. The number of carboxylic acid groups (broad SMARTS) is 1. The predicted octanol–water partition coefficient (Wildman–Crippen LogP) is 1.67. The minimum Gasteiger partial charge on any atom is -0.504 e. The van der Waals surface area contributed by atoms with E-state index in [0.717, 1.165) is 11.3 Å². The number of aromatic nitrogens is 3. The Kier molecular flexibility index (Phi) is 7.52. The lowest BCUT2D eigenvalue weighted by atomic mass is 10.0. The number of hydrogen-bond donors (Lipinski definition) is 6. The average molecular weight is 606 g/mol. The third-order valence-electron chi connectivity index (χ3n) is 5.81. The van der Waals surface area contributed by atoms with Gasteiger partial charge in [-0.15, -0.1) is 23.1 Å². The number of fused-ring (bicyclic) bond motifs is 2. The van der Waals surface area contributed by atoms with Crippen molar-refractivity contribution in [3.63, 3.8) is 0 Å². The van der Waals surface area contributed by atoms with Gasteiger partial charge in [0.25, 0.3) is 11.8 Å². The molecule has 1 aromatic carbocycles. The van der Waals surface area contributed by atoms with Gasteiger partial charge in [0.2, 0.25) is 0 Å². The minimum atomic E-state index is -1.26. The second-order valence-electron chi connectivity index (χ2n) is 8.97. The number of carboxylic acids is 1. The van der Waals surface area contributed by atoms with Crippen molar-refractivity contribution >= 4 is 74.5 Å². The first-order valence-electron chi connectivity index (χ1n) is 11.7. The monoisotopic (exact) mass is 605 g/mol. The number of nitrogens with zero attached hydrogens (tertiary/aromatic N) is 4. The Labute approximate surface area is 238 Å². The number of hydrogen-bond acceptors (Lipinski definition) is 13. The Morgan fingerprint density at radius 3 is 2.75 bits per heavy atom. The number of nitrogens with two attached hydrogens (primary N) is 1. The van der Waals surface area contributed by atoms with Gasteiger partial charge in [-0.2, -0.15) is 0 Å². The number of β-lactam (4-membered cyclic amide) rings is 1. The highest BCUT2D eigenvalue weighted by Crippen LogP contribution is 2.41. The van der Waals surface area contributed by atoms with Gasteiger partial charge in [0.05, 0.1) is 11.0 Å². The van der Waals surface area contributed by atoms with E-state index in [1.54, 1.807) is 19.2 Å². The van der Waals surface area contributed by atoms with E-state index in [4.69, 9.17) is 10.6 Å². The molecule has 2 aromatic heterocycles. The fourth-order valence-electron chi connectivity index (χ4n) is 4.00. The van der Waals surface area contributed by atoms with Crippen molar-refractivity contribution < 1.29 is 34.5 Å². The number of phenols is 2.